The van der Waals surface area contributed by atoms with Gasteiger partial charge in [-0.3, -0.25) is 4.39 Å². The van der Waals surface area contributed by atoms with Crippen LogP contribution in [0.2, 0.25) is 0 Å². The molecule has 4 heteroatoms. The van der Waals surface area contributed by atoms with Crippen LogP contribution in [0.4, 0.5) is 4.39 Å². The van der Waals surface area contributed by atoms with Crippen LogP contribution in [0, 0.1) is 5.92 Å². The van der Waals surface area contributed by atoms with Crippen molar-refractivity contribution in [2.45, 2.75) is 18.4 Å². The van der Waals surface area contributed by atoms with E-state index < -0.39 is 0 Å². The third-order valence-corrected chi connectivity index (χ3v) is 2.34. The Morgan fingerprint density at radius 2 is 2.18 bits per heavy atom. The number of hydrogen-bond donors (Lipinski definition) is 1. The summed E-state index contributed by atoms with van der Waals surface area (Å²) >= 11 is 0. The monoisotopic (exact) mass is 183 g/mol. The molecule has 1 saturated carbocycles. The van der Waals surface area contributed by atoms with Crippen molar-refractivity contribution < 1.29 is 9.13 Å². The van der Waals surface area contributed by atoms with E-state index in [1.54, 1.807) is 7.11 Å². The number of alkyl halides is 1. The highest BCUT2D eigenvalue weighted by atomic mass is 35.5. The summed E-state index contributed by atoms with van der Waals surface area (Å²) in [5, 5.41) is 0. The van der Waals surface area contributed by atoms with E-state index in [0.29, 0.717) is 6.54 Å². The maximum atomic E-state index is 12.0. The largest absolute Gasteiger partial charge is 0.377 e. The fraction of sp³-hybridized carbons (Fsp3) is 1.00. The Hall–Kier alpha value is 0.140. The van der Waals surface area contributed by atoms with Crippen molar-refractivity contribution in [3.8, 4) is 0 Å². The number of hydrogen-bond acceptors (Lipinski definition) is 2. The lowest BCUT2D eigenvalue weighted by Crippen LogP contribution is -2.51. The van der Waals surface area contributed by atoms with Gasteiger partial charge >= 0.3 is 0 Å². The number of ether oxygens (including phenoxy) is 1. The summed E-state index contributed by atoms with van der Waals surface area (Å²) in [7, 11) is 1.64. The number of rotatable bonds is 3. The minimum absolute atomic E-state index is 0. The van der Waals surface area contributed by atoms with Crippen LogP contribution < -0.4 is 5.73 Å². The van der Waals surface area contributed by atoms with Crippen LogP contribution in [0.25, 0.3) is 0 Å². The van der Waals surface area contributed by atoms with Gasteiger partial charge in [-0.15, -0.1) is 12.4 Å². The average Bonchev–Trinajstić information content (AvgIpc) is 1.89. The molecular formula is C7H15ClFNO. The highest BCUT2D eigenvalue weighted by Crippen LogP contribution is 2.39. The van der Waals surface area contributed by atoms with Gasteiger partial charge in [0.1, 0.15) is 0 Å². The average molecular weight is 184 g/mol. The van der Waals surface area contributed by atoms with Gasteiger partial charge in [-0.25, -0.2) is 0 Å². The van der Waals surface area contributed by atoms with Crippen molar-refractivity contribution in [1.29, 1.82) is 0 Å². The quantitative estimate of drug-likeness (QED) is 0.712. The Morgan fingerprint density at radius 1 is 1.64 bits per heavy atom. The predicted molar refractivity (Wildman–Crippen MR) is 44.7 cm³/mol. The topological polar surface area (TPSA) is 35.2 Å². The van der Waals surface area contributed by atoms with E-state index in [1.165, 1.54) is 0 Å². The van der Waals surface area contributed by atoms with E-state index >= 15 is 0 Å². The zero-order chi connectivity index (χ0) is 7.61. The molecule has 0 aromatic carbocycles. The molecule has 0 atom stereocenters. The van der Waals surface area contributed by atoms with Crippen LogP contribution in [0.15, 0.2) is 0 Å². The molecule has 0 aromatic heterocycles. The summed E-state index contributed by atoms with van der Waals surface area (Å²) < 4.78 is 17.1. The first kappa shape index (κ1) is 11.1. The Morgan fingerprint density at radius 3 is 2.45 bits per heavy atom. The molecule has 0 radical (unpaired) electrons. The minimum atomic E-state index is -0.231. The zero-order valence-corrected chi connectivity index (χ0v) is 7.49. The van der Waals surface area contributed by atoms with E-state index in [0.717, 1.165) is 12.8 Å². The van der Waals surface area contributed by atoms with Crippen molar-refractivity contribution in [2.24, 2.45) is 11.7 Å². The second-order valence-corrected chi connectivity index (χ2v) is 3.02. The lowest BCUT2D eigenvalue weighted by molar-refractivity contribution is -0.102. The van der Waals surface area contributed by atoms with Gasteiger partial charge in [0.25, 0.3) is 0 Å². The molecule has 2 N–H and O–H groups in total. The maximum absolute atomic E-state index is 12.0. The highest BCUT2D eigenvalue weighted by molar-refractivity contribution is 5.85. The summed E-state index contributed by atoms with van der Waals surface area (Å²) in [4.78, 5) is 0. The van der Waals surface area contributed by atoms with Gasteiger partial charge in [-0.2, -0.15) is 0 Å². The first-order valence-electron chi connectivity index (χ1n) is 3.57. The molecule has 11 heavy (non-hydrogen) atoms. The second kappa shape index (κ2) is 4.24. The number of nitrogens with two attached hydrogens (primary N) is 1. The Labute approximate surface area is 72.7 Å². The molecule has 0 saturated heterocycles. The van der Waals surface area contributed by atoms with Gasteiger partial charge in [0, 0.05) is 13.7 Å². The molecule has 0 aromatic rings. The lowest BCUT2D eigenvalue weighted by atomic mass is 9.71. The van der Waals surface area contributed by atoms with Gasteiger partial charge < -0.3 is 10.5 Å². The van der Waals surface area contributed by atoms with E-state index in [-0.39, 0.29) is 30.6 Å². The van der Waals surface area contributed by atoms with Crippen LogP contribution in [0.3, 0.4) is 0 Å². The second-order valence-electron chi connectivity index (χ2n) is 3.02. The molecule has 1 aliphatic rings. The molecule has 0 heterocycles. The van der Waals surface area contributed by atoms with Gasteiger partial charge in [0.15, 0.2) is 0 Å². The first-order valence-corrected chi connectivity index (χ1v) is 3.57. The summed E-state index contributed by atoms with van der Waals surface area (Å²) in [5.74, 6) is 0.198. The van der Waals surface area contributed by atoms with Crippen molar-refractivity contribution in [3.05, 3.63) is 0 Å². The van der Waals surface area contributed by atoms with E-state index in [4.69, 9.17) is 10.5 Å². The molecule has 2 nitrogen and oxygen atoms in total. The summed E-state index contributed by atoms with van der Waals surface area (Å²) in [5.41, 5.74) is 5.27. The van der Waals surface area contributed by atoms with Gasteiger partial charge in [0.05, 0.1) is 12.3 Å². The van der Waals surface area contributed by atoms with Crippen LogP contribution in [-0.4, -0.2) is 25.9 Å². The fourth-order valence-electron chi connectivity index (χ4n) is 1.52. The lowest BCUT2D eigenvalue weighted by Gasteiger charge is -2.44. The summed E-state index contributed by atoms with van der Waals surface area (Å²) in [6, 6.07) is 0. The van der Waals surface area contributed by atoms with Crippen LogP contribution in [0.1, 0.15) is 12.8 Å². The number of methoxy groups -OCH3 is 1. The van der Waals surface area contributed by atoms with E-state index in [2.05, 4.69) is 0 Å². The van der Waals surface area contributed by atoms with Crippen molar-refractivity contribution in [3.63, 3.8) is 0 Å². The molecule has 68 valence electrons. The Kier molecular flexibility index (Phi) is 4.29. The van der Waals surface area contributed by atoms with Crippen molar-refractivity contribution >= 4 is 12.4 Å². The van der Waals surface area contributed by atoms with Gasteiger partial charge in [0.2, 0.25) is 0 Å². The van der Waals surface area contributed by atoms with Gasteiger partial charge in [-0.1, -0.05) is 0 Å². The SMILES string of the molecule is COC1(CN)CC(CF)C1.Cl. The minimum Gasteiger partial charge on any atom is -0.377 e. The maximum Gasteiger partial charge on any atom is 0.0924 e. The molecule has 1 fully saturated rings. The molecule has 0 aliphatic heterocycles. The van der Waals surface area contributed by atoms with Crippen LogP contribution in [-0.2, 0) is 4.74 Å². The molecule has 0 unspecified atom stereocenters. The molecular weight excluding hydrogens is 169 g/mol. The van der Waals surface area contributed by atoms with Gasteiger partial charge in [-0.05, 0) is 18.8 Å². The van der Waals surface area contributed by atoms with Crippen molar-refractivity contribution in [1.82, 2.24) is 0 Å². The van der Waals surface area contributed by atoms with Crippen LogP contribution >= 0.6 is 12.4 Å². The van der Waals surface area contributed by atoms with E-state index in [1.807, 2.05) is 0 Å². The zero-order valence-electron chi connectivity index (χ0n) is 6.68. The Bertz CT molecular complexity index is 111. The molecule has 1 aliphatic carbocycles. The summed E-state index contributed by atoms with van der Waals surface area (Å²) in [6.07, 6.45) is 1.58. The molecule has 0 amide bonds. The highest BCUT2D eigenvalue weighted by Gasteiger charge is 2.43. The Balaban J connectivity index is 0.000001000. The predicted octanol–water partition coefficient (Wildman–Crippen LogP) is 1.13. The fourth-order valence-corrected chi connectivity index (χ4v) is 1.52. The molecule has 0 spiro atoms. The molecule has 1 rings (SSSR count). The smallest absolute Gasteiger partial charge is 0.0924 e. The normalized spacial score (nSPS) is 35.7. The molecule has 0 bridgehead atoms. The number of halogens is 2. The third kappa shape index (κ3) is 2.04. The third-order valence-electron chi connectivity index (χ3n) is 2.34. The van der Waals surface area contributed by atoms with Crippen LogP contribution in [0.5, 0.6) is 0 Å². The van der Waals surface area contributed by atoms with Crippen molar-refractivity contribution in [2.75, 3.05) is 20.3 Å². The summed E-state index contributed by atoms with van der Waals surface area (Å²) in [6.45, 7) is 0.283. The van der Waals surface area contributed by atoms with E-state index in [9.17, 15) is 4.39 Å². The standard InChI is InChI=1S/C7H14FNO.ClH/c1-10-7(5-9)2-6(3-7)4-8;/h6H,2-5,9H2,1H3;1H. The first-order chi connectivity index (χ1) is 4.76.